The average molecular weight is 266 g/mol. The van der Waals surface area contributed by atoms with Crippen molar-refractivity contribution in [1.82, 2.24) is 0 Å². The third-order valence-electron chi connectivity index (χ3n) is 2.61. The van der Waals surface area contributed by atoms with Gasteiger partial charge in [0.1, 0.15) is 0 Å². The number of hydrogen-bond acceptors (Lipinski definition) is 2. The Labute approximate surface area is 120 Å². The summed E-state index contributed by atoms with van der Waals surface area (Å²) in [5.41, 5.74) is 0.448. The number of benzene rings is 1. The number of rotatable bonds is 5. The van der Waals surface area contributed by atoms with E-state index < -0.39 is 7.12 Å². The molecule has 0 aliphatic carbocycles. The fourth-order valence-corrected chi connectivity index (χ4v) is 1.57. The van der Waals surface area contributed by atoms with Gasteiger partial charge in [0.25, 0.3) is 0 Å². The maximum atomic E-state index is 9.10. The van der Waals surface area contributed by atoms with E-state index in [0.717, 1.165) is 10.4 Å². The van der Waals surface area contributed by atoms with Crippen LogP contribution in [0.2, 0.25) is 0 Å². The van der Waals surface area contributed by atoms with Gasteiger partial charge in [-0.15, -0.1) is 0 Å². The number of hydrogen-bond donors (Lipinski definition) is 2. The third kappa shape index (κ3) is 5.70. The van der Waals surface area contributed by atoms with E-state index in [-0.39, 0.29) is 0 Å². The lowest BCUT2D eigenvalue weighted by molar-refractivity contribution is 0.420. The predicted octanol–water partition coefficient (Wildman–Crippen LogP) is 1.50. The molecule has 1 aromatic carbocycles. The lowest BCUT2D eigenvalue weighted by atomic mass is 9.79. The van der Waals surface area contributed by atoms with Crippen LogP contribution in [0.25, 0.3) is 12.7 Å². The summed E-state index contributed by atoms with van der Waals surface area (Å²) in [5, 5.41) is 20.3. The van der Waals surface area contributed by atoms with Gasteiger partial charge in [0.05, 0.1) is 0 Å². The maximum Gasteiger partial charge on any atom is 0.488 e. The summed E-state index contributed by atoms with van der Waals surface area (Å²) < 4.78 is 0. The second-order valence-corrected chi connectivity index (χ2v) is 4.18. The second-order valence-electron chi connectivity index (χ2n) is 4.18. The quantitative estimate of drug-likeness (QED) is 0.626. The number of allylic oxidation sites excluding steroid dienone is 8. The first-order chi connectivity index (χ1) is 9.65. The molecule has 0 atom stereocenters. The Hall–Kier alpha value is -2.10. The summed E-state index contributed by atoms with van der Waals surface area (Å²) in [6.07, 6.45) is 14.4. The topological polar surface area (TPSA) is 40.5 Å². The molecular formula is C17H19BO2. The van der Waals surface area contributed by atoms with Gasteiger partial charge in [-0.05, 0) is 22.8 Å². The fourth-order valence-electron chi connectivity index (χ4n) is 1.57. The molecule has 0 radical (unpaired) electrons. The van der Waals surface area contributed by atoms with Gasteiger partial charge in [-0.2, -0.15) is 0 Å². The predicted molar refractivity (Wildman–Crippen MR) is 87.0 cm³/mol. The zero-order chi connectivity index (χ0) is 14.8. The monoisotopic (exact) mass is 266 g/mol. The molecule has 20 heavy (non-hydrogen) atoms. The summed E-state index contributed by atoms with van der Waals surface area (Å²) in [6, 6.07) is 7.89. The minimum atomic E-state index is -1.45. The van der Waals surface area contributed by atoms with Crippen molar-refractivity contribution < 1.29 is 10.0 Å². The van der Waals surface area contributed by atoms with Crippen LogP contribution in [0, 0.1) is 0 Å². The van der Waals surface area contributed by atoms with Crippen LogP contribution in [0.4, 0.5) is 0 Å². The lowest BCUT2D eigenvalue weighted by Crippen LogP contribution is -2.21. The Morgan fingerprint density at radius 1 is 1.10 bits per heavy atom. The largest absolute Gasteiger partial charge is 0.488 e. The Morgan fingerprint density at radius 3 is 2.45 bits per heavy atom. The summed E-state index contributed by atoms with van der Waals surface area (Å²) in [6.45, 7) is 5.77. The highest BCUT2D eigenvalue weighted by Crippen LogP contribution is 1.99. The van der Waals surface area contributed by atoms with E-state index in [1.165, 1.54) is 0 Å². The first-order valence-corrected chi connectivity index (χ1v) is 6.43. The van der Waals surface area contributed by atoms with Crippen LogP contribution in [0.15, 0.2) is 72.3 Å². The SMILES string of the molecule is C=c1cccc/c1=C/C=C\C=C/C=C(\C=C\C)B(O)O. The smallest absolute Gasteiger partial charge is 0.423 e. The van der Waals surface area contributed by atoms with Crippen molar-refractivity contribution in [3.05, 3.63) is 82.7 Å². The van der Waals surface area contributed by atoms with E-state index in [2.05, 4.69) is 6.58 Å². The van der Waals surface area contributed by atoms with Crippen molar-refractivity contribution >= 4 is 19.8 Å². The molecule has 2 nitrogen and oxygen atoms in total. The first-order valence-electron chi connectivity index (χ1n) is 6.43. The van der Waals surface area contributed by atoms with Gasteiger partial charge in [0, 0.05) is 0 Å². The molecule has 102 valence electrons. The van der Waals surface area contributed by atoms with E-state index in [1.54, 1.807) is 24.3 Å². The fraction of sp³-hybridized carbons (Fsp3) is 0.0588. The van der Waals surface area contributed by atoms with Crippen LogP contribution in [-0.4, -0.2) is 17.2 Å². The molecule has 0 fully saturated rings. The van der Waals surface area contributed by atoms with E-state index in [4.69, 9.17) is 10.0 Å². The maximum absolute atomic E-state index is 9.10. The van der Waals surface area contributed by atoms with Gasteiger partial charge in [-0.1, -0.05) is 79.5 Å². The molecule has 0 saturated heterocycles. The standard InChI is InChI=1S/C17H19BO2/c1-3-10-17(18(19)20)14-7-5-4-6-12-16-13-9-8-11-15(16)2/h3-14,19-20H,2H2,1H3/b6-4-,7-5-,10-3+,16-12-,17-14+. The molecule has 3 heteroatoms. The molecule has 0 bridgehead atoms. The van der Waals surface area contributed by atoms with Crippen LogP contribution in [0.5, 0.6) is 0 Å². The normalized spacial score (nSPS) is 13.9. The molecule has 0 spiro atoms. The zero-order valence-electron chi connectivity index (χ0n) is 11.6. The molecule has 2 N–H and O–H groups in total. The Bertz CT molecular complexity index is 637. The van der Waals surface area contributed by atoms with Crippen molar-refractivity contribution in [3.8, 4) is 0 Å². The molecule has 0 aromatic heterocycles. The van der Waals surface area contributed by atoms with Crippen molar-refractivity contribution in [2.45, 2.75) is 6.92 Å². The van der Waals surface area contributed by atoms with E-state index in [1.807, 2.05) is 55.5 Å². The molecular weight excluding hydrogens is 247 g/mol. The van der Waals surface area contributed by atoms with Gasteiger partial charge >= 0.3 is 7.12 Å². The van der Waals surface area contributed by atoms with E-state index in [0.29, 0.717) is 5.47 Å². The summed E-state index contributed by atoms with van der Waals surface area (Å²) >= 11 is 0. The third-order valence-corrected chi connectivity index (χ3v) is 2.61. The first kappa shape index (κ1) is 16.0. The molecule has 1 rings (SSSR count). The van der Waals surface area contributed by atoms with Crippen molar-refractivity contribution in [2.75, 3.05) is 0 Å². The van der Waals surface area contributed by atoms with Crippen molar-refractivity contribution in [2.24, 2.45) is 0 Å². The van der Waals surface area contributed by atoms with Crippen molar-refractivity contribution in [1.29, 1.82) is 0 Å². The van der Waals surface area contributed by atoms with Gasteiger partial charge in [-0.3, -0.25) is 0 Å². The molecule has 0 saturated carbocycles. The highest BCUT2D eigenvalue weighted by atomic mass is 16.4. The van der Waals surface area contributed by atoms with Crippen LogP contribution in [0.1, 0.15) is 6.92 Å². The van der Waals surface area contributed by atoms with Gasteiger partial charge in [0.2, 0.25) is 0 Å². The summed E-state index contributed by atoms with van der Waals surface area (Å²) in [4.78, 5) is 0. The summed E-state index contributed by atoms with van der Waals surface area (Å²) in [7, 11) is -1.45. The van der Waals surface area contributed by atoms with E-state index >= 15 is 0 Å². The highest BCUT2D eigenvalue weighted by Gasteiger charge is 2.09. The summed E-state index contributed by atoms with van der Waals surface area (Å²) in [5.74, 6) is 0. The molecule has 0 aliphatic heterocycles. The Kier molecular flexibility index (Phi) is 7.11. The van der Waals surface area contributed by atoms with Crippen LogP contribution in [0.3, 0.4) is 0 Å². The minimum absolute atomic E-state index is 0.448. The molecule has 0 amide bonds. The zero-order valence-corrected chi connectivity index (χ0v) is 11.6. The molecule has 0 heterocycles. The second kappa shape index (κ2) is 8.91. The van der Waals surface area contributed by atoms with Crippen LogP contribution in [-0.2, 0) is 0 Å². The van der Waals surface area contributed by atoms with Gasteiger partial charge in [-0.25, -0.2) is 0 Å². The van der Waals surface area contributed by atoms with Gasteiger partial charge in [0.15, 0.2) is 0 Å². The van der Waals surface area contributed by atoms with E-state index in [9.17, 15) is 0 Å². The highest BCUT2D eigenvalue weighted by molar-refractivity contribution is 6.51. The minimum Gasteiger partial charge on any atom is -0.423 e. The molecule has 0 unspecified atom stereocenters. The Balaban J connectivity index is 2.72. The Morgan fingerprint density at radius 2 is 1.80 bits per heavy atom. The van der Waals surface area contributed by atoms with Crippen LogP contribution >= 0.6 is 0 Å². The van der Waals surface area contributed by atoms with Gasteiger partial charge < -0.3 is 10.0 Å². The van der Waals surface area contributed by atoms with Crippen molar-refractivity contribution in [3.63, 3.8) is 0 Å². The molecule has 1 aromatic rings. The van der Waals surface area contributed by atoms with Crippen LogP contribution < -0.4 is 10.4 Å². The lowest BCUT2D eigenvalue weighted by Gasteiger charge is -1.96. The average Bonchev–Trinajstić information content (AvgIpc) is 2.43. The molecule has 0 aliphatic rings.